The second-order valence-corrected chi connectivity index (χ2v) is 5.91. The van der Waals surface area contributed by atoms with Crippen molar-refractivity contribution in [2.24, 2.45) is 0 Å². The summed E-state index contributed by atoms with van der Waals surface area (Å²) in [5, 5.41) is 6.09. The van der Waals surface area contributed by atoms with Crippen LogP contribution in [0.2, 0.25) is 0 Å². The molecular weight excluding hydrogens is 302 g/mol. The fourth-order valence-corrected chi connectivity index (χ4v) is 2.58. The van der Waals surface area contributed by atoms with Crippen LogP contribution in [-0.2, 0) is 16.1 Å². The zero-order valence-electron chi connectivity index (χ0n) is 13.7. The first kappa shape index (κ1) is 16.1. The summed E-state index contributed by atoms with van der Waals surface area (Å²) in [7, 11) is 0. The average Bonchev–Trinajstić information content (AvgIpc) is 2.60. The fraction of sp³-hybridized carbons (Fsp3) is 0.263. The molecule has 1 fully saturated rings. The minimum atomic E-state index is -0.342. The van der Waals surface area contributed by atoms with E-state index in [2.05, 4.69) is 10.6 Å². The van der Waals surface area contributed by atoms with E-state index in [9.17, 15) is 9.59 Å². The molecule has 0 spiro atoms. The lowest BCUT2D eigenvalue weighted by atomic mass is 10.1. The van der Waals surface area contributed by atoms with Gasteiger partial charge in [0.05, 0.1) is 0 Å². The second-order valence-electron chi connectivity index (χ2n) is 5.91. The molecule has 0 aliphatic carbocycles. The standard InChI is InChI=1S/C19H21N3O2/c1-14(19(24)20-13-15-5-3-2-4-6-15)21-16-7-9-17(10-8-16)22-12-11-18(22)23/h2-10,14,21H,11-13H2,1H3,(H,20,24)/t14-/m0/s1. The zero-order chi connectivity index (χ0) is 16.9. The Kier molecular flexibility index (Phi) is 4.79. The Morgan fingerprint density at radius 1 is 1.12 bits per heavy atom. The zero-order valence-corrected chi connectivity index (χ0v) is 13.7. The van der Waals surface area contributed by atoms with Crippen molar-refractivity contribution < 1.29 is 9.59 Å². The Hall–Kier alpha value is -2.82. The van der Waals surface area contributed by atoms with Gasteiger partial charge in [-0.25, -0.2) is 0 Å². The van der Waals surface area contributed by atoms with Gasteiger partial charge in [-0.05, 0) is 36.8 Å². The Bertz CT molecular complexity index is 713. The van der Waals surface area contributed by atoms with E-state index < -0.39 is 0 Å². The number of carbonyl (C=O) groups is 2. The molecule has 2 aromatic rings. The number of hydrogen-bond acceptors (Lipinski definition) is 3. The van der Waals surface area contributed by atoms with Crippen LogP contribution in [0, 0.1) is 0 Å². The second kappa shape index (κ2) is 7.17. The van der Waals surface area contributed by atoms with Gasteiger partial charge in [0.15, 0.2) is 0 Å². The van der Waals surface area contributed by atoms with Gasteiger partial charge >= 0.3 is 0 Å². The van der Waals surface area contributed by atoms with Crippen molar-refractivity contribution in [3.05, 3.63) is 60.2 Å². The molecule has 0 aromatic heterocycles. The van der Waals surface area contributed by atoms with Crippen molar-refractivity contribution in [1.29, 1.82) is 0 Å². The molecule has 5 heteroatoms. The maximum atomic E-state index is 12.2. The lowest BCUT2D eigenvalue weighted by Crippen LogP contribution is -2.43. The first-order valence-corrected chi connectivity index (χ1v) is 8.12. The Balaban J connectivity index is 1.51. The predicted molar refractivity (Wildman–Crippen MR) is 94.8 cm³/mol. The van der Waals surface area contributed by atoms with Gasteiger partial charge in [-0.2, -0.15) is 0 Å². The summed E-state index contributed by atoms with van der Waals surface area (Å²) >= 11 is 0. The lowest BCUT2D eigenvalue weighted by molar-refractivity contribution is -0.122. The van der Waals surface area contributed by atoms with Crippen LogP contribution in [0.3, 0.4) is 0 Å². The molecule has 5 nitrogen and oxygen atoms in total. The van der Waals surface area contributed by atoms with Gasteiger partial charge in [0.1, 0.15) is 6.04 Å². The third-order valence-corrected chi connectivity index (χ3v) is 4.12. The molecule has 3 rings (SSSR count). The van der Waals surface area contributed by atoms with Crippen LogP contribution in [0.1, 0.15) is 18.9 Å². The molecule has 0 bridgehead atoms. The van der Waals surface area contributed by atoms with E-state index >= 15 is 0 Å². The molecule has 2 aromatic carbocycles. The number of β-lactam (4-membered cyclic amide) rings is 1. The first-order chi connectivity index (χ1) is 11.6. The summed E-state index contributed by atoms with van der Waals surface area (Å²) in [6.07, 6.45) is 0.624. The normalized spacial score (nSPS) is 14.7. The van der Waals surface area contributed by atoms with Gasteiger partial charge in [-0.3, -0.25) is 9.59 Å². The largest absolute Gasteiger partial charge is 0.374 e. The molecular formula is C19H21N3O2. The predicted octanol–water partition coefficient (Wildman–Crippen LogP) is 2.54. The van der Waals surface area contributed by atoms with Crippen molar-refractivity contribution >= 4 is 23.2 Å². The minimum absolute atomic E-state index is 0.0548. The Morgan fingerprint density at radius 2 is 1.83 bits per heavy atom. The van der Waals surface area contributed by atoms with Crippen LogP contribution < -0.4 is 15.5 Å². The smallest absolute Gasteiger partial charge is 0.242 e. The molecule has 0 unspecified atom stereocenters. The number of rotatable bonds is 6. The molecule has 1 heterocycles. The highest BCUT2D eigenvalue weighted by Gasteiger charge is 2.24. The molecule has 2 amide bonds. The maximum Gasteiger partial charge on any atom is 0.242 e. The maximum absolute atomic E-state index is 12.2. The van der Waals surface area contributed by atoms with E-state index in [4.69, 9.17) is 0 Å². The summed E-state index contributed by atoms with van der Waals surface area (Å²) in [6.45, 7) is 3.12. The van der Waals surface area contributed by atoms with Crippen LogP contribution in [0.25, 0.3) is 0 Å². The van der Waals surface area contributed by atoms with Gasteiger partial charge in [0.25, 0.3) is 0 Å². The number of amides is 2. The van der Waals surface area contributed by atoms with E-state index in [0.717, 1.165) is 23.5 Å². The third-order valence-electron chi connectivity index (χ3n) is 4.12. The van der Waals surface area contributed by atoms with E-state index in [1.807, 2.05) is 61.5 Å². The highest BCUT2D eigenvalue weighted by molar-refractivity contribution is 5.99. The van der Waals surface area contributed by atoms with Gasteiger partial charge in [0, 0.05) is 30.9 Å². The van der Waals surface area contributed by atoms with Crippen LogP contribution in [0.5, 0.6) is 0 Å². The van der Waals surface area contributed by atoms with Gasteiger partial charge in [-0.15, -0.1) is 0 Å². The summed E-state index contributed by atoms with van der Waals surface area (Å²) in [6, 6.07) is 17.0. The molecule has 0 saturated carbocycles. The van der Waals surface area contributed by atoms with Crippen molar-refractivity contribution in [3.63, 3.8) is 0 Å². The monoisotopic (exact) mass is 323 g/mol. The Morgan fingerprint density at radius 3 is 2.42 bits per heavy atom. The van der Waals surface area contributed by atoms with Crippen LogP contribution >= 0.6 is 0 Å². The van der Waals surface area contributed by atoms with Crippen molar-refractivity contribution in [1.82, 2.24) is 5.32 Å². The summed E-state index contributed by atoms with van der Waals surface area (Å²) in [4.78, 5) is 25.3. The number of anilines is 2. The van der Waals surface area contributed by atoms with Crippen LogP contribution in [-0.4, -0.2) is 24.4 Å². The summed E-state index contributed by atoms with van der Waals surface area (Å²) in [5.74, 6) is 0.102. The number of benzene rings is 2. The highest BCUT2D eigenvalue weighted by atomic mass is 16.2. The number of hydrogen-bond donors (Lipinski definition) is 2. The molecule has 1 saturated heterocycles. The molecule has 124 valence electrons. The molecule has 1 aliphatic heterocycles. The quantitative estimate of drug-likeness (QED) is 0.803. The van der Waals surface area contributed by atoms with Gasteiger partial charge in [0.2, 0.25) is 11.8 Å². The average molecular weight is 323 g/mol. The summed E-state index contributed by atoms with van der Waals surface area (Å²) < 4.78 is 0. The Labute approximate surface area is 141 Å². The van der Waals surface area contributed by atoms with Crippen LogP contribution in [0.15, 0.2) is 54.6 Å². The SMILES string of the molecule is C[C@H](Nc1ccc(N2CCC2=O)cc1)C(=O)NCc1ccccc1. The third kappa shape index (κ3) is 3.74. The fourth-order valence-electron chi connectivity index (χ4n) is 2.58. The van der Waals surface area contributed by atoms with E-state index in [-0.39, 0.29) is 17.9 Å². The number of carbonyl (C=O) groups excluding carboxylic acids is 2. The van der Waals surface area contributed by atoms with E-state index in [1.165, 1.54) is 0 Å². The van der Waals surface area contributed by atoms with E-state index in [1.54, 1.807) is 4.90 Å². The van der Waals surface area contributed by atoms with Crippen molar-refractivity contribution in [2.45, 2.75) is 25.9 Å². The minimum Gasteiger partial charge on any atom is -0.374 e. The molecule has 2 N–H and O–H groups in total. The van der Waals surface area contributed by atoms with Gasteiger partial charge < -0.3 is 15.5 Å². The first-order valence-electron chi connectivity index (χ1n) is 8.12. The molecule has 24 heavy (non-hydrogen) atoms. The number of nitrogens with zero attached hydrogens (tertiary/aromatic N) is 1. The van der Waals surface area contributed by atoms with Gasteiger partial charge in [-0.1, -0.05) is 30.3 Å². The van der Waals surface area contributed by atoms with Crippen molar-refractivity contribution in [2.75, 3.05) is 16.8 Å². The molecule has 1 atom stereocenters. The molecule has 1 aliphatic rings. The number of nitrogens with one attached hydrogen (secondary N) is 2. The highest BCUT2D eigenvalue weighted by Crippen LogP contribution is 2.23. The summed E-state index contributed by atoms with van der Waals surface area (Å²) in [5.41, 5.74) is 2.83. The van der Waals surface area contributed by atoms with E-state index in [0.29, 0.717) is 13.0 Å². The lowest BCUT2D eigenvalue weighted by Gasteiger charge is -2.30. The van der Waals surface area contributed by atoms with Crippen LogP contribution in [0.4, 0.5) is 11.4 Å². The van der Waals surface area contributed by atoms with Crippen molar-refractivity contribution in [3.8, 4) is 0 Å². The topological polar surface area (TPSA) is 61.4 Å². The molecule has 0 radical (unpaired) electrons.